The zero-order valence-corrected chi connectivity index (χ0v) is 12.7. The first-order chi connectivity index (χ1) is 10.8. The number of benzene rings is 2. The Kier molecular flexibility index (Phi) is 6.45. The Morgan fingerprint density at radius 2 is 1.82 bits per heavy atom. The minimum Gasteiger partial charge on any atom is -0.492 e. The van der Waals surface area contributed by atoms with Gasteiger partial charge in [0.15, 0.2) is 0 Å². The van der Waals surface area contributed by atoms with Crippen molar-refractivity contribution in [3.05, 3.63) is 65.7 Å². The molecule has 0 fully saturated rings. The Bertz CT molecular complexity index is 584. The minimum absolute atomic E-state index is 0.221. The third kappa shape index (κ3) is 5.58. The quantitative estimate of drug-likeness (QED) is 0.601. The summed E-state index contributed by atoms with van der Waals surface area (Å²) in [5.41, 5.74) is 2.10. The molecule has 2 aromatic carbocycles. The Morgan fingerprint density at radius 3 is 2.59 bits per heavy atom. The second-order valence-electron chi connectivity index (χ2n) is 4.91. The first-order valence-corrected chi connectivity index (χ1v) is 7.31. The van der Waals surface area contributed by atoms with E-state index in [0.29, 0.717) is 13.0 Å². The van der Waals surface area contributed by atoms with Crippen molar-refractivity contribution in [1.29, 1.82) is 0 Å². The smallest absolute Gasteiger partial charge is 0.309 e. The van der Waals surface area contributed by atoms with Crippen molar-refractivity contribution in [2.75, 3.05) is 20.3 Å². The molecule has 0 bridgehead atoms. The summed E-state index contributed by atoms with van der Waals surface area (Å²) in [6.45, 7) is 2.12. The zero-order chi connectivity index (χ0) is 15.6. The van der Waals surface area contributed by atoms with Crippen molar-refractivity contribution in [2.24, 2.45) is 0 Å². The van der Waals surface area contributed by atoms with Crippen LogP contribution in [0.5, 0.6) is 5.75 Å². The lowest BCUT2D eigenvalue weighted by atomic mass is 10.1. The molecule has 0 saturated heterocycles. The Balaban J connectivity index is 1.70. The number of rotatable bonds is 8. The highest BCUT2D eigenvalue weighted by atomic mass is 16.5. The molecule has 0 aliphatic carbocycles. The second-order valence-corrected chi connectivity index (χ2v) is 4.91. The van der Waals surface area contributed by atoms with Gasteiger partial charge in [-0.25, -0.2) is 0 Å². The van der Waals surface area contributed by atoms with E-state index in [-0.39, 0.29) is 5.97 Å². The maximum Gasteiger partial charge on any atom is 0.309 e. The molecule has 0 aromatic heterocycles. The number of nitrogens with one attached hydrogen (secondary N) is 1. The molecule has 0 radical (unpaired) electrons. The minimum atomic E-state index is -0.221. The van der Waals surface area contributed by atoms with E-state index >= 15 is 0 Å². The molecule has 0 aliphatic heterocycles. The summed E-state index contributed by atoms with van der Waals surface area (Å²) in [5.74, 6) is 0.658. The molecule has 1 N–H and O–H groups in total. The van der Waals surface area contributed by atoms with Crippen LogP contribution in [-0.4, -0.2) is 26.2 Å². The predicted octanol–water partition coefficient (Wildman–Crippen LogP) is 2.57. The van der Waals surface area contributed by atoms with Crippen LogP contribution >= 0.6 is 0 Å². The molecule has 0 atom stereocenters. The van der Waals surface area contributed by atoms with Crippen LogP contribution < -0.4 is 10.1 Å². The molecule has 0 saturated carbocycles. The SMILES string of the molecule is COC(=O)Cc1cccc(CNCCOc2ccccc2)c1. The van der Waals surface area contributed by atoms with E-state index in [1.165, 1.54) is 7.11 Å². The van der Waals surface area contributed by atoms with Crippen molar-refractivity contribution in [3.63, 3.8) is 0 Å². The van der Waals surface area contributed by atoms with Crippen molar-refractivity contribution in [2.45, 2.75) is 13.0 Å². The average Bonchev–Trinajstić information content (AvgIpc) is 2.56. The predicted molar refractivity (Wildman–Crippen MR) is 85.8 cm³/mol. The van der Waals surface area contributed by atoms with Crippen LogP contribution in [0.2, 0.25) is 0 Å². The topological polar surface area (TPSA) is 47.6 Å². The van der Waals surface area contributed by atoms with E-state index in [1.807, 2.05) is 54.6 Å². The fourth-order valence-corrected chi connectivity index (χ4v) is 2.08. The van der Waals surface area contributed by atoms with Gasteiger partial charge in [-0.2, -0.15) is 0 Å². The third-order valence-electron chi connectivity index (χ3n) is 3.19. The highest BCUT2D eigenvalue weighted by Gasteiger charge is 2.03. The van der Waals surface area contributed by atoms with Crippen LogP contribution in [0.4, 0.5) is 0 Å². The molecule has 0 spiro atoms. The fourth-order valence-electron chi connectivity index (χ4n) is 2.08. The van der Waals surface area contributed by atoms with Gasteiger partial charge in [0.25, 0.3) is 0 Å². The molecule has 0 heterocycles. The molecule has 116 valence electrons. The summed E-state index contributed by atoms with van der Waals surface area (Å²) < 4.78 is 10.3. The van der Waals surface area contributed by atoms with Gasteiger partial charge in [0.2, 0.25) is 0 Å². The van der Waals surface area contributed by atoms with Gasteiger partial charge in [0.05, 0.1) is 13.5 Å². The lowest BCUT2D eigenvalue weighted by Gasteiger charge is -2.08. The third-order valence-corrected chi connectivity index (χ3v) is 3.19. The first-order valence-electron chi connectivity index (χ1n) is 7.31. The van der Waals surface area contributed by atoms with E-state index in [0.717, 1.165) is 30.0 Å². The molecule has 0 aliphatic rings. The van der Waals surface area contributed by atoms with Gasteiger partial charge in [-0.3, -0.25) is 4.79 Å². The summed E-state index contributed by atoms with van der Waals surface area (Å²) in [4.78, 5) is 11.3. The Labute approximate surface area is 131 Å². The molecule has 22 heavy (non-hydrogen) atoms. The van der Waals surface area contributed by atoms with Crippen LogP contribution in [0.25, 0.3) is 0 Å². The zero-order valence-electron chi connectivity index (χ0n) is 12.7. The van der Waals surface area contributed by atoms with Crippen LogP contribution in [0.1, 0.15) is 11.1 Å². The van der Waals surface area contributed by atoms with Gasteiger partial charge in [-0.1, -0.05) is 42.5 Å². The average molecular weight is 299 g/mol. The summed E-state index contributed by atoms with van der Waals surface area (Å²) in [7, 11) is 1.40. The van der Waals surface area contributed by atoms with E-state index in [1.54, 1.807) is 0 Å². The van der Waals surface area contributed by atoms with E-state index in [2.05, 4.69) is 10.1 Å². The second kappa shape index (κ2) is 8.85. The standard InChI is InChI=1S/C18H21NO3/c1-21-18(20)13-15-6-5-7-16(12-15)14-19-10-11-22-17-8-3-2-4-9-17/h2-9,12,19H,10-11,13-14H2,1H3. The molecule has 2 aromatic rings. The number of esters is 1. The summed E-state index contributed by atoms with van der Waals surface area (Å²) in [5, 5.41) is 3.33. The van der Waals surface area contributed by atoms with Crippen molar-refractivity contribution >= 4 is 5.97 Å². The van der Waals surface area contributed by atoms with Gasteiger partial charge >= 0.3 is 5.97 Å². The summed E-state index contributed by atoms with van der Waals surface area (Å²) in [6.07, 6.45) is 0.307. The van der Waals surface area contributed by atoms with Crippen molar-refractivity contribution in [3.8, 4) is 5.75 Å². The molecule has 2 rings (SSSR count). The van der Waals surface area contributed by atoms with E-state index in [9.17, 15) is 4.79 Å². The lowest BCUT2D eigenvalue weighted by Crippen LogP contribution is -2.20. The highest BCUT2D eigenvalue weighted by molar-refractivity contribution is 5.72. The normalized spacial score (nSPS) is 10.2. The van der Waals surface area contributed by atoms with Crippen LogP contribution in [0, 0.1) is 0 Å². The van der Waals surface area contributed by atoms with Crippen LogP contribution in [0.15, 0.2) is 54.6 Å². The molecule has 4 nitrogen and oxygen atoms in total. The van der Waals surface area contributed by atoms with E-state index < -0.39 is 0 Å². The summed E-state index contributed by atoms with van der Waals surface area (Å²) >= 11 is 0. The van der Waals surface area contributed by atoms with Gasteiger partial charge in [-0.15, -0.1) is 0 Å². The molecule has 4 heteroatoms. The number of hydrogen-bond acceptors (Lipinski definition) is 4. The largest absolute Gasteiger partial charge is 0.492 e. The monoisotopic (exact) mass is 299 g/mol. The molecular formula is C18H21NO3. The van der Waals surface area contributed by atoms with Crippen LogP contribution in [-0.2, 0) is 22.5 Å². The van der Waals surface area contributed by atoms with Crippen LogP contribution in [0.3, 0.4) is 0 Å². The lowest BCUT2D eigenvalue weighted by molar-refractivity contribution is -0.139. The van der Waals surface area contributed by atoms with Gasteiger partial charge < -0.3 is 14.8 Å². The number of ether oxygens (including phenoxy) is 2. The Hall–Kier alpha value is -2.33. The van der Waals surface area contributed by atoms with Gasteiger partial charge in [0, 0.05) is 13.1 Å². The van der Waals surface area contributed by atoms with Gasteiger partial charge in [-0.05, 0) is 23.3 Å². The highest BCUT2D eigenvalue weighted by Crippen LogP contribution is 2.08. The van der Waals surface area contributed by atoms with Crippen molar-refractivity contribution in [1.82, 2.24) is 5.32 Å². The number of carbonyl (C=O) groups excluding carboxylic acids is 1. The Morgan fingerprint density at radius 1 is 1.05 bits per heavy atom. The number of carbonyl (C=O) groups is 1. The summed E-state index contributed by atoms with van der Waals surface area (Å²) in [6, 6.07) is 17.7. The van der Waals surface area contributed by atoms with Gasteiger partial charge in [0.1, 0.15) is 12.4 Å². The van der Waals surface area contributed by atoms with Crippen molar-refractivity contribution < 1.29 is 14.3 Å². The number of hydrogen-bond donors (Lipinski definition) is 1. The maximum absolute atomic E-state index is 11.3. The first kappa shape index (κ1) is 16.0. The van der Waals surface area contributed by atoms with E-state index in [4.69, 9.17) is 4.74 Å². The maximum atomic E-state index is 11.3. The number of para-hydroxylation sites is 1. The molecule has 0 amide bonds. The molecular weight excluding hydrogens is 278 g/mol. The number of methoxy groups -OCH3 is 1. The fraction of sp³-hybridized carbons (Fsp3) is 0.278. The molecule has 0 unspecified atom stereocenters.